The van der Waals surface area contributed by atoms with Crippen molar-refractivity contribution in [3.63, 3.8) is 0 Å². The van der Waals surface area contributed by atoms with Crippen LogP contribution in [0.3, 0.4) is 0 Å². The summed E-state index contributed by atoms with van der Waals surface area (Å²) in [6.45, 7) is 5.49. The average Bonchev–Trinajstić information content (AvgIpc) is 3.50. The lowest BCUT2D eigenvalue weighted by Gasteiger charge is -2.13. The molecule has 1 fully saturated rings. The first-order valence-corrected chi connectivity index (χ1v) is 8.25. The molecule has 0 spiro atoms. The van der Waals surface area contributed by atoms with E-state index in [0.717, 1.165) is 29.7 Å². The van der Waals surface area contributed by atoms with E-state index in [9.17, 15) is 0 Å². The molecule has 1 atom stereocenters. The molecule has 6 heteroatoms. The van der Waals surface area contributed by atoms with Gasteiger partial charge in [-0.3, -0.25) is 9.98 Å². The summed E-state index contributed by atoms with van der Waals surface area (Å²) in [7, 11) is 1.59. The van der Waals surface area contributed by atoms with E-state index in [1.54, 1.807) is 7.11 Å². The van der Waals surface area contributed by atoms with Crippen molar-refractivity contribution in [3.05, 3.63) is 53.5 Å². The number of nitrogens with zero attached hydrogens (tertiary/aromatic N) is 5. The molecular weight excluding hydrogens is 314 g/mol. The molecule has 128 valence electrons. The van der Waals surface area contributed by atoms with Crippen molar-refractivity contribution in [3.8, 4) is 5.88 Å². The van der Waals surface area contributed by atoms with Crippen LogP contribution >= 0.6 is 0 Å². The van der Waals surface area contributed by atoms with Crippen LogP contribution in [0.5, 0.6) is 5.88 Å². The molecule has 0 aliphatic heterocycles. The van der Waals surface area contributed by atoms with Gasteiger partial charge in [-0.25, -0.2) is 15.0 Å². The molecule has 1 aliphatic carbocycles. The lowest BCUT2D eigenvalue weighted by Crippen LogP contribution is -2.10. The van der Waals surface area contributed by atoms with Gasteiger partial charge in [-0.05, 0) is 32.0 Å². The molecule has 6 nitrogen and oxygen atoms in total. The van der Waals surface area contributed by atoms with Crippen molar-refractivity contribution in [1.82, 2.24) is 9.97 Å². The maximum absolute atomic E-state index is 5.46. The Balaban J connectivity index is 2.09. The molecule has 3 rings (SSSR count). The number of aromatic nitrogens is 2. The molecule has 0 bridgehead atoms. The van der Waals surface area contributed by atoms with Gasteiger partial charge in [-0.1, -0.05) is 30.3 Å². The minimum absolute atomic E-state index is 0.0740. The van der Waals surface area contributed by atoms with Gasteiger partial charge >= 0.3 is 0 Å². The minimum Gasteiger partial charge on any atom is -0.480 e. The maximum atomic E-state index is 5.46. The van der Waals surface area contributed by atoms with Crippen molar-refractivity contribution in [2.75, 3.05) is 7.11 Å². The molecule has 1 heterocycles. The molecule has 1 saturated carbocycles. The van der Waals surface area contributed by atoms with Crippen molar-refractivity contribution >= 4 is 18.9 Å². The predicted octanol–water partition coefficient (Wildman–Crippen LogP) is 3.60. The summed E-state index contributed by atoms with van der Waals surface area (Å²) in [6.07, 6.45) is 5.14. The summed E-state index contributed by atoms with van der Waals surface area (Å²) < 4.78 is 5.46. The number of hydrogen-bond donors (Lipinski definition) is 0. The Morgan fingerprint density at radius 2 is 2.04 bits per heavy atom. The fraction of sp³-hybridized carbons (Fsp3) is 0.316. The van der Waals surface area contributed by atoms with E-state index in [1.165, 1.54) is 12.7 Å². The van der Waals surface area contributed by atoms with Crippen molar-refractivity contribution in [1.29, 1.82) is 0 Å². The monoisotopic (exact) mass is 335 g/mol. The second-order valence-electron chi connectivity index (χ2n) is 5.88. The highest BCUT2D eigenvalue weighted by atomic mass is 16.5. The molecule has 25 heavy (non-hydrogen) atoms. The molecule has 0 N–H and O–H groups in total. The zero-order valence-corrected chi connectivity index (χ0v) is 14.5. The highest BCUT2D eigenvalue weighted by Gasteiger charge is 2.31. The van der Waals surface area contributed by atoms with Crippen LogP contribution in [-0.2, 0) is 0 Å². The van der Waals surface area contributed by atoms with Gasteiger partial charge in [-0.15, -0.1) is 0 Å². The van der Waals surface area contributed by atoms with Crippen LogP contribution in [0.2, 0.25) is 0 Å². The Labute approximate surface area is 147 Å². The van der Waals surface area contributed by atoms with E-state index in [2.05, 4.69) is 26.7 Å². The van der Waals surface area contributed by atoms with E-state index >= 15 is 0 Å². The zero-order valence-electron chi connectivity index (χ0n) is 14.5. The molecule has 1 aromatic heterocycles. The van der Waals surface area contributed by atoms with Crippen LogP contribution in [0.15, 0.2) is 51.6 Å². The summed E-state index contributed by atoms with van der Waals surface area (Å²) in [6, 6.07) is 9.99. The van der Waals surface area contributed by atoms with Crippen LogP contribution < -0.4 is 4.74 Å². The number of methoxy groups -OCH3 is 1. The molecule has 0 saturated heterocycles. The normalized spacial score (nSPS) is 16.0. The van der Waals surface area contributed by atoms with Gasteiger partial charge in [-0.2, -0.15) is 0 Å². The topological polar surface area (TPSA) is 72.1 Å². The largest absolute Gasteiger partial charge is 0.480 e. The summed E-state index contributed by atoms with van der Waals surface area (Å²) in [5.41, 5.74) is 2.79. The van der Waals surface area contributed by atoms with E-state index in [4.69, 9.17) is 9.73 Å². The Hall–Kier alpha value is -2.89. The molecule has 0 amide bonds. The standard InChI is InChI=1S/C19H21N5O/c1-13(14-7-5-4-6-8-14)24-18(22-11-20-2)16-17(15-9-10-15)21-12-23-19(16)25-3/h4-8,11-13,15H,2,9-10H2,1,3H3. The highest BCUT2D eigenvalue weighted by molar-refractivity contribution is 6.05. The number of benzene rings is 1. The first kappa shape index (κ1) is 17.0. The first-order chi connectivity index (χ1) is 12.2. The third-order valence-corrected chi connectivity index (χ3v) is 4.08. The van der Waals surface area contributed by atoms with Gasteiger partial charge in [0.05, 0.1) is 18.8 Å². The lowest BCUT2D eigenvalue weighted by molar-refractivity contribution is 0.394. The van der Waals surface area contributed by atoms with Crippen LogP contribution in [0.4, 0.5) is 0 Å². The number of aliphatic imine (C=N–C) groups is 3. The summed E-state index contributed by atoms with van der Waals surface area (Å²) in [4.78, 5) is 21.6. The Bertz CT molecular complexity index is 797. The molecule has 1 unspecified atom stereocenters. The van der Waals surface area contributed by atoms with Gasteiger partial charge in [0, 0.05) is 5.92 Å². The van der Waals surface area contributed by atoms with Gasteiger partial charge in [0.25, 0.3) is 0 Å². The van der Waals surface area contributed by atoms with Crippen LogP contribution in [0.25, 0.3) is 0 Å². The van der Waals surface area contributed by atoms with Crippen molar-refractivity contribution < 1.29 is 4.74 Å². The minimum atomic E-state index is -0.0740. The molecular formula is C19H21N5O. The zero-order chi connectivity index (χ0) is 17.6. The SMILES string of the molecule is C=NC=NC(=NC(C)c1ccccc1)c1c(OC)ncnc1C1CC1. The second kappa shape index (κ2) is 7.79. The predicted molar refractivity (Wildman–Crippen MR) is 100.0 cm³/mol. The smallest absolute Gasteiger partial charge is 0.227 e. The van der Waals surface area contributed by atoms with Gasteiger partial charge in [0.15, 0.2) is 5.84 Å². The number of rotatable bonds is 6. The number of amidine groups is 1. The van der Waals surface area contributed by atoms with Gasteiger partial charge in [0.2, 0.25) is 5.88 Å². The van der Waals surface area contributed by atoms with Crippen LogP contribution in [0.1, 0.15) is 48.5 Å². The first-order valence-electron chi connectivity index (χ1n) is 8.25. The fourth-order valence-electron chi connectivity index (χ4n) is 2.66. The van der Waals surface area contributed by atoms with Crippen molar-refractivity contribution in [2.24, 2.45) is 15.0 Å². The molecule has 1 aromatic carbocycles. The number of hydrogen-bond acceptors (Lipinski definition) is 4. The maximum Gasteiger partial charge on any atom is 0.227 e. The third kappa shape index (κ3) is 3.96. The van der Waals surface area contributed by atoms with E-state index in [-0.39, 0.29) is 6.04 Å². The van der Waals surface area contributed by atoms with Crippen molar-refractivity contribution in [2.45, 2.75) is 31.7 Å². The Kier molecular flexibility index (Phi) is 5.28. The van der Waals surface area contributed by atoms with E-state index in [0.29, 0.717) is 17.6 Å². The lowest BCUT2D eigenvalue weighted by atomic mass is 10.1. The van der Waals surface area contributed by atoms with E-state index in [1.807, 2.05) is 37.3 Å². The summed E-state index contributed by atoms with van der Waals surface area (Å²) in [5.74, 6) is 1.41. The Morgan fingerprint density at radius 1 is 1.28 bits per heavy atom. The van der Waals surface area contributed by atoms with Gasteiger partial charge < -0.3 is 4.74 Å². The second-order valence-corrected chi connectivity index (χ2v) is 5.88. The van der Waals surface area contributed by atoms with Crippen LogP contribution in [0, 0.1) is 0 Å². The molecule has 0 radical (unpaired) electrons. The van der Waals surface area contributed by atoms with Gasteiger partial charge in [0.1, 0.15) is 18.2 Å². The molecule has 1 aliphatic rings. The number of ether oxygens (including phenoxy) is 1. The van der Waals surface area contributed by atoms with E-state index < -0.39 is 0 Å². The fourth-order valence-corrected chi connectivity index (χ4v) is 2.66. The quantitative estimate of drug-likeness (QED) is 0.598. The molecule has 2 aromatic rings. The van der Waals surface area contributed by atoms with Crippen LogP contribution in [-0.4, -0.2) is 36.0 Å². The Morgan fingerprint density at radius 3 is 2.68 bits per heavy atom. The highest BCUT2D eigenvalue weighted by Crippen LogP contribution is 2.42. The summed E-state index contributed by atoms with van der Waals surface area (Å²) >= 11 is 0. The average molecular weight is 335 g/mol. The summed E-state index contributed by atoms with van der Waals surface area (Å²) in [5, 5.41) is 0. The third-order valence-electron chi connectivity index (χ3n) is 4.08.